The first-order chi connectivity index (χ1) is 7.70. The lowest BCUT2D eigenvalue weighted by molar-refractivity contribution is 0.648. The summed E-state index contributed by atoms with van der Waals surface area (Å²) in [7, 11) is 0. The Morgan fingerprint density at radius 2 is 2.19 bits per heavy atom. The van der Waals surface area contributed by atoms with E-state index >= 15 is 0 Å². The molecule has 0 fully saturated rings. The molecule has 1 unspecified atom stereocenters. The van der Waals surface area contributed by atoms with Gasteiger partial charge in [0.15, 0.2) is 0 Å². The van der Waals surface area contributed by atoms with Gasteiger partial charge in [0.2, 0.25) is 0 Å². The van der Waals surface area contributed by atoms with Crippen LogP contribution in [0.25, 0.3) is 0 Å². The van der Waals surface area contributed by atoms with Crippen molar-refractivity contribution in [1.82, 2.24) is 10.3 Å². The van der Waals surface area contributed by atoms with E-state index < -0.39 is 0 Å². The second kappa shape index (κ2) is 5.27. The van der Waals surface area contributed by atoms with Crippen LogP contribution in [0.2, 0.25) is 4.34 Å². The minimum absolute atomic E-state index is 0.230. The molecule has 2 nitrogen and oxygen atoms in total. The maximum atomic E-state index is 5.98. The number of nitrogens with zero attached hydrogens (tertiary/aromatic N) is 1. The van der Waals surface area contributed by atoms with E-state index in [0.29, 0.717) is 0 Å². The quantitative estimate of drug-likeness (QED) is 0.914. The summed E-state index contributed by atoms with van der Waals surface area (Å²) in [6, 6.07) is 4.25. The number of aromatic nitrogens is 1. The highest BCUT2D eigenvalue weighted by atomic mass is 35.5. The molecule has 1 atom stereocenters. The summed E-state index contributed by atoms with van der Waals surface area (Å²) in [5.74, 6) is 0. The molecule has 2 aromatic heterocycles. The van der Waals surface area contributed by atoms with E-state index in [0.717, 1.165) is 15.9 Å². The molecule has 1 N–H and O–H groups in total. The molecule has 2 heterocycles. The van der Waals surface area contributed by atoms with Crippen molar-refractivity contribution in [3.63, 3.8) is 0 Å². The van der Waals surface area contributed by atoms with Crippen molar-refractivity contribution in [1.29, 1.82) is 0 Å². The van der Waals surface area contributed by atoms with Gasteiger partial charge in [0, 0.05) is 16.0 Å². The molecule has 0 bridgehead atoms. The first-order valence-corrected chi connectivity index (χ1v) is 7.12. The van der Waals surface area contributed by atoms with Crippen LogP contribution in [0.15, 0.2) is 18.3 Å². The van der Waals surface area contributed by atoms with Crippen LogP contribution in [0.4, 0.5) is 0 Å². The van der Waals surface area contributed by atoms with Crippen LogP contribution in [-0.4, -0.2) is 11.5 Å². The molecule has 0 spiro atoms. The highest BCUT2D eigenvalue weighted by Gasteiger charge is 2.17. The summed E-state index contributed by atoms with van der Waals surface area (Å²) in [4.78, 5) is 6.80. The number of rotatable bonds is 4. The molecule has 0 aliphatic heterocycles. The van der Waals surface area contributed by atoms with Crippen LogP contribution < -0.4 is 5.32 Å². The minimum atomic E-state index is 0.230. The van der Waals surface area contributed by atoms with E-state index in [1.165, 1.54) is 9.75 Å². The number of thiophene rings is 1. The molecule has 0 saturated carbocycles. The second-order valence-corrected chi connectivity index (χ2v) is 6.43. The van der Waals surface area contributed by atoms with E-state index in [2.05, 4.69) is 23.3 Å². The van der Waals surface area contributed by atoms with Gasteiger partial charge >= 0.3 is 0 Å². The summed E-state index contributed by atoms with van der Waals surface area (Å²) >= 11 is 9.33. The third-order valence-corrected chi connectivity index (χ3v) is 4.48. The average molecular weight is 273 g/mol. The Morgan fingerprint density at radius 3 is 2.69 bits per heavy atom. The standard InChI is InChI=1S/C11H13ClN2S2/c1-3-13-11(8-4-5-10(12)16-8)9-6-14-7(2)15-9/h4-6,11,13H,3H2,1-2H3. The van der Waals surface area contributed by atoms with Crippen LogP contribution in [-0.2, 0) is 0 Å². The number of nitrogens with one attached hydrogen (secondary N) is 1. The molecule has 0 amide bonds. The predicted octanol–water partition coefficient (Wildman–Crippen LogP) is 3.87. The highest BCUT2D eigenvalue weighted by molar-refractivity contribution is 7.16. The smallest absolute Gasteiger partial charge is 0.0931 e. The third-order valence-electron chi connectivity index (χ3n) is 2.21. The number of hydrogen-bond acceptors (Lipinski definition) is 4. The fraction of sp³-hybridized carbons (Fsp3) is 0.364. The van der Waals surface area contributed by atoms with Crippen molar-refractivity contribution in [2.24, 2.45) is 0 Å². The van der Waals surface area contributed by atoms with Crippen molar-refractivity contribution in [3.05, 3.63) is 37.4 Å². The molecule has 0 aliphatic rings. The Balaban J connectivity index is 2.30. The fourth-order valence-electron chi connectivity index (χ4n) is 1.54. The highest BCUT2D eigenvalue weighted by Crippen LogP contribution is 2.33. The molecule has 0 radical (unpaired) electrons. The molecule has 5 heteroatoms. The molecular formula is C11H13ClN2S2. The van der Waals surface area contributed by atoms with E-state index in [9.17, 15) is 0 Å². The van der Waals surface area contributed by atoms with E-state index in [1.807, 2.05) is 19.2 Å². The van der Waals surface area contributed by atoms with Gasteiger partial charge in [0.05, 0.1) is 15.4 Å². The van der Waals surface area contributed by atoms with E-state index in [4.69, 9.17) is 11.6 Å². The second-order valence-electron chi connectivity index (χ2n) is 3.41. The SMILES string of the molecule is CCNC(c1ccc(Cl)s1)c1cnc(C)s1. The topological polar surface area (TPSA) is 24.9 Å². The first kappa shape index (κ1) is 12.0. The van der Waals surface area contributed by atoms with Crippen molar-refractivity contribution < 1.29 is 0 Å². The molecule has 2 rings (SSSR count). The largest absolute Gasteiger partial charge is 0.305 e. The zero-order valence-corrected chi connectivity index (χ0v) is 11.5. The summed E-state index contributed by atoms with van der Waals surface area (Å²) in [6.07, 6.45) is 1.95. The number of aryl methyl sites for hydroxylation is 1. The first-order valence-electron chi connectivity index (χ1n) is 5.11. The molecule has 0 aliphatic carbocycles. The molecule has 16 heavy (non-hydrogen) atoms. The minimum Gasteiger partial charge on any atom is -0.305 e. The van der Waals surface area contributed by atoms with E-state index in [-0.39, 0.29) is 6.04 Å². The normalized spacial score (nSPS) is 12.9. The van der Waals surface area contributed by atoms with Crippen molar-refractivity contribution in [3.8, 4) is 0 Å². The predicted molar refractivity (Wildman–Crippen MR) is 71.7 cm³/mol. The molecule has 86 valence electrons. The molecule has 0 aromatic carbocycles. The fourth-order valence-corrected chi connectivity index (χ4v) is 3.65. The zero-order valence-electron chi connectivity index (χ0n) is 9.16. The van der Waals surface area contributed by atoms with Gasteiger partial charge in [-0.2, -0.15) is 0 Å². The van der Waals surface area contributed by atoms with Crippen molar-refractivity contribution in [2.45, 2.75) is 19.9 Å². The third kappa shape index (κ3) is 2.63. The molecule has 2 aromatic rings. The van der Waals surface area contributed by atoms with Crippen molar-refractivity contribution in [2.75, 3.05) is 6.54 Å². The Morgan fingerprint density at radius 1 is 1.38 bits per heavy atom. The monoisotopic (exact) mass is 272 g/mol. The maximum Gasteiger partial charge on any atom is 0.0931 e. The average Bonchev–Trinajstić information content (AvgIpc) is 2.84. The van der Waals surface area contributed by atoms with Gasteiger partial charge in [0.25, 0.3) is 0 Å². The summed E-state index contributed by atoms with van der Waals surface area (Å²) in [5.41, 5.74) is 0. The van der Waals surface area contributed by atoms with Crippen LogP contribution >= 0.6 is 34.3 Å². The van der Waals surface area contributed by atoms with E-state index in [1.54, 1.807) is 22.7 Å². The van der Waals surface area contributed by atoms with Crippen molar-refractivity contribution >= 4 is 34.3 Å². The van der Waals surface area contributed by atoms with Gasteiger partial charge in [-0.1, -0.05) is 18.5 Å². The van der Waals surface area contributed by atoms with Crippen LogP contribution in [0.5, 0.6) is 0 Å². The van der Waals surface area contributed by atoms with Gasteiger partial charge < -0.3 is 5.32 Å². The number of thiazole rings is 1. The maximum absolute atomic E-state index is 5.98. The summed E-state index contributed by atoms with van der Waals surface area (Å²) in [6.45, 7) is 5.06. The molecule has 0 saturated heterocycles. The summed E-state index contributed by atoms with van der Waals surface area (Å²) in [5, 5.41) is 4.56. The number of hydrogen-bond donors (Lipinski definition) is 1. The lowest BCUT2D eigenvalue weighted by Gasteiger charge is -2.13. The molecular weight excluding hydrogens is 260 g/mol. The Kier molecular flexibility index (Phi) is 3.97. The zero-order chi connectivity index (χ0) is 11.5. The number of halogens is 1. The van der Waals surface area contributed by atoms with Gasteiger partial charge in [-0.25, -0.2) is 4.98 Å². The lowest BCUT2D eigenvalue weighted by Crippen LogP contribution is -2.20. The van der Waals surface area contributed by atoms with Gasteiger partial charge in [0.1, 0.15) is 0 Å². The van der Waals surface area contributed by atoms with Crippen LogP contribution in [0.3, 0.4) is 0 Å². The van der Waals surface area contributed by atoms with Gasteiger partial charge in [-0.15, -0.1) is 22.7 Å². The summed E-state index contributed by atoms with van der Waals surface area (Å²) < 4.78 is 0.833. The Bertz CT molecular complexity index is 424. The van der Waals surface area contributed by atoms with Gasteiger partial charge in [-0.3, -0.25) is 0 Å². The van der Waals surface area contributed by atoms with Crippen LogP contribution in [0, 0.1) is 6.92 Å². The Labute approximate surface area is 108 Å². The van der Waals surface area contributed by atoms with Crippen LogP contribution in [0.1, 0.15) is 27.7 Å². The van der Waals surface area contributed by atoms with Gasteiger partial charge in [-0.05, 0) is 25.6 Å². The Hall–Kier alpha value is -0.420. The lowest BCUT2D eigenvalue weighted by atomic mass is 10.2.